The number of carbonyl (C=O) groups is 1. The molecular weight excluding hydrogens is 266 g/mol. The van der Waals surface area contributed by atoms with Crippen LogP contribution in [0.5, 0.6) is 0 Å². The highest BCUT2D eigenvalue weighted by molar-refractivity contribution is 5.69. The van der Waals surface area contributed by atoms with E-state index in [1.807, 2.05) is 24.8 Å². The lowest BCUT2D eigenvalue weighted by atomic mass is 9.94. The summed E-state index contributed by atoms with van der Waals surface area (Å²) in [5.41, 5.74) is 2.79. The maximum absolute atomic E-state index is 10.9. The number of carboxylic acids is 1. The van der Waals surface area contributed by atoms with Crippen LogP contribution in [0.2, 0.25) is 0 Å². The van der Waals surface area contributed by atoms with Crippen molar-refractivity contribution >= 4 is 11.8 Å². The lowest BCUT2D eigenvalue weighted by molar-refractivity contribution is -0.137. The Hall–Kier alpha value is -2.09. The van der Waals surface area contributed by atoms with Crippen LogP contribution in [0.15, 0.2) is 6.07 Å². The van der Waals surface area contributed by atoms with Gasteiger partial charge in [-0.25, -0.2) is 4.98 Å². The van der Waals surface area contributed by atoms with Gasteiger partial charge in [-0.05, 0) is 51.2 Å². The number of aliphatic carboxylic acids is 1. The van der Waals surface area contributed by atoms with Crippen LogP contribution in [-0.4, -0.2) is 28.6 Å². The molecule has 1 N–H and O–H groups in total. The molecule has 0 saturated heterocycles. The number of aromatic nitrogens is 1. The molecule has 1 aromatic heterocycles. The van der Waals surface area contributed by atoms with E-state index in [-0.39, 0.29) is 12.5 Å². The summed E-state index contributed by atoms with van der Waals surface area (Å²) in [6, 6.07) is 3.97. The Morgan fingerprint density at radius 3 is 2.86 bits per heavy atom. The third kappa shape index (κ3) is 3.33. The first-order chi connectivity index (χ1) is 10.1. The summed E-state index contributed by atoms with van der Waals surface area (Å²) < 4.78 is 0. The minimum absolute atomic E-state index is 0.0392. The summed E-state index contributed by atoms with van der Waals surface area (Å²) >= 11 is 0. The zero-order valence-corrected chi connectivity index (χ0v) is 12.6. The van der Waals surface area contributed by atoms with Gasteiger partial charge in [-0.1, -0.05) is 0 Å². The normalized spacial score (nSPS) is 14.9. The first kappa shape index (κ1) is 15.3. The Morgan fingerprint density at radius 2 is 2.24 bits per heavy atom. The topological polar surface area (TPSA) is 77.2 Å². The molecule has 5 heteroatoms. The number of carboxylic acid groups (broad SMARTS) is 1. The quantitative estimate of drug-likeness (QED) is 0.900. The van der Waals surface area contributed by atoms with Gasteiger partial charge in [0.05, 0.1) is 12.0 Å². The molecule has 1 atom stereocenters. The molecule has 0 spiro atoms. The lowest BCUT2D eigenvalue weighted by Gasteiger charge is -2.30. The van der Waals surface area contributed by atoms with Crippen molar-refractivity contribution in [1.82, 2.24) is 4.98 Å². The van der Waals surface area contributed by atoms with E-state index in [1.54, 1.807) is 0 Å². The molecule has 0 bridgehead atoms. The molecule has 0 aromatic carbocycles. The minimum Gasteiger partial charge on any atom is -0.481 e. The molecule has 1 unspecified atom stereocenters. The summed E-state index contributed by atoms with van der Waals surface area (Å²) in [6.07, 6.45) is 4.23. The van der Waals surface area contributed by atoms with Crippen LogP contribution < -0.4 is 4.90 Å². The van der Waals surface area contributed by atoms with E-state index < -0.39 is 5.97 Å². The smallest absolute Gasteiger partial charge is 0.305 e. The largest absolute Gasteiger partial charge is 0.481 e. The number of hydrogen-bond donors (Lipinski definition) is 1. The van der Waals surface area contributed by atoms with Crippen LogP contribution in [0, 0.1) is 11.3 Å². The second-order valence-corrected chi connectivity index (χ2v) is 5.52. The van der Waals surface area contributed by atoms with Gasteiger partial charge in [0, 0.05) is 18.3 Å². The van der Waals surface area contributed by atoms with E-state index in [1.165, 1.54) is 5.56 Å². The zero-order chi connectivity index (χ0) is 15.4. The number of aryl methyl sites for hydroxylation is 2. The maximum Gasteiger partial charge on any atom is 0.305 e. The number of hydrogen-bond acceptors (Lipinski definition) is 4. The van der Waals surface area contributed by atoms with Crippen LogP contribution in [0.25, 0.3) is 0 Å². The summed E-state index contributed by atoms with van der Waals surface area (Å²) in [5, 5.41) is 18.4. The summed E-state index contributed by atoms with van der Waals surface area (Å²) in [4.78, 5) is 17.5. The van der Waals surface area contributed by atoms with Crippen molar-refractivity contribution in [2.45, 2.75) is 52.0 Å². The van der Waals surface area contributed by atoms with Crippen molar-refractivity contribution in [2.24, 2.45) is 0 Å². The standard InChI is InChI=1S/C16H21N3O2/c1-3-19(11(2)8-15(20)21)16-13(10-17)9-12-6-4-5-7-14(12)18-16/h9,11H,3-8H2,1-2H3,(H,20,21). The van der Waals surface area contributed by atoms with Crippen molar-refractivity contribution in [3.63, 3.8) is 0 Å². The maximum atomic E-state index is 10.9. The second kappa shape index (κ2) is 6.57. The van der Waals surface area contributed by atoms with E-state index in [9.17, 15) is 10.1 Å². The van der Waals surface area contributed by atoms with E-state index in [0.717, 1.165) is 31.4 Å². The minimum atomic E-state index is -0.836. The van der Waals surface area contributed by atoms with E-state index in [2.05, 4.69) is 6.07 Å². The molecule has 112 valence electrons. The van der Waals surface area contributed by atoms with Crippen LogP contribution in [0.4, 0.5) is 5.82 Å². The first-order valence-electron chi connectivity index (χ1n) is 7.48. The zero-order valence-electron chi connectivity index (χ0n) is 12.6. The van der Waals surface area contributed by atoms with Gasteiger partial charge in [0.2, 0.25) is 0 Å². The molecule has 1 aliphatic carbocycles. The molecule has 21 heavy (non-hydrogen) atoms. The molecule has 1 aliphatic rings. The van der Waals surface area contributed by atoms with Gasteiger partial charge in [-0.15, -0.1) is 0 Å². The van der Waals surface area contributed by atoms with Gasteiger partial charge in [0.1, 0.15) is 11.9 Å². The molecule has 1 aromatic rings. The van der Waals surface area contributed by atoms with Crippen molar-refractivity contribution in [1.29, 1.82) is 5.26 Å². The van der Waals surface area contributed by atoms with Crippen LogP contribution in [-0.2, 0) is 17.6 Å². The molecule has 2 rings (SSSR count). The van der Waals surface area contributed by atoms with Crippen LogP contribution >= 0.6 is 0 Å². The number of nitrogens with zero attached hydrogens (tertiary/aromatic N) is 3. The van der Waals surface area contributed by atoms with Gasteiger partial charge in [0.25, 0.3) is 0 Å². The molecule has 0 radical (unpaired) electrons. The average molecular weight is 287 g/mol. The average Bonchev–Trinajstić information content (AvgIpc) is 2.46. The summed E-state index contributed by atoms with van der Waals surface area (Å²) in [7, 11) is 0. The van der Waals surface area contributed by atoms with E-state index in [0.29, 0.717) is 17.9 Å². The highest BCUT2D eigenvalue weighted by Gasteiger charge is 2.22. The molecule has 1 heterocycles. The monoisotopic (exact) mass is 287 g/mol. The van der Waals surface area contributed by atoms with E-state index in [4.69, 9.17) is 10.1 Å². The lowest BCUT2D eigenvalue weighted by Crippen LogP contribution is -2.36. The predicted octanol–water partition coefficient (Wildman–Crippen LogP) is 2.52. The van der Waals surface area contributed by atoms with Crippen molar-refractivity contribution in [3.8, 4) is 6.07 Å². The number of fused-ring (bicyclic) bond motifs is 1. The van der Waals surface area contributed by atoms with Gasteiger partial charge in [-0.2, -0.15) is 5.26 Å². The van der Waals surface area contributed by atoms with Crippen molar-refractivity contribution in [3.05, 3.63) is 22.9 Å². The van der Waals surface area contributed by atoms with Gasteiger partial charge in [-0.3, -0.25) is 4.79 Å². The Balaban J connectivity index is 2.40. The third-order valence-corrected chi connectivity index (χ3v) is 4.02. The fourth-order valence-electron chi connectivity index (χ4n) is 2.96. The van der Waals surface area contributed by atoms with Crippen molar-refractivity contribution < 1.29 is 9.90 Å². The SMILES string of the molecule is CCN(c1nc2c(cc1C#N)CCCC2)C(C)CC(=O)O. The van der Waals surface area contributed by atoms with Crippen LogP contribution in [0.1, 0.15) is 49.9 Å². The fourth-order valence-corrected chi connectivity index (χ4v) is 2.96. The number of nitriles is 1. The molecule has 0 amide bonds. The molecule has 0 saturated carbocycles. The predicted molar refractivity (Wildman–Crippen MR) is 80.3 cm³/mol. The molecule has 0 aliphatic heterocycles. The second-order valence-electron chi connectivity index (χ2n) is 5.52. The third-order valence-electron chi connectivity index (χ3n) is 4.02. The summed E-state index contributed by atoms with van der Waals surface area (Å²) in [6.45, 7) is 4.45. The van der Waals surface area contributed by atoms with Gasteiger partial charge < -0.3 is 10.0 Å². The molecule has 0 fully saturated rings. The highest BCUT2D eigenvalue weighted by Crippen LogP contribution is 2.27. The number of rotatable bonds is 5. The number of anilines is 1. The Labute approximate surface area is 125 Å². The Bertz CT molecular complexity index is 578. The Kier molecular flexibility index (Phi) is 4.79. The van der Waals surface area contributed by atoms with Gasteiger partial charge >= 0.3 is 5.97 Å². The first-order valence-corrected chi connectivity index (χ1v) is 7.48. The summed E-state index contributed by atoms with van der Waals surface area (Å²) in [5.74, 6) is -0.202. The fraction of sp³-hybridized carbons (Fsp3) is 0.562. The molecular formula is C16H21N3O2. The van der Waals surface area contributed by atoms with E-state index >= 15 is 0 Å². The number of pyridine rings is 1. The van der Waals surface area contributed by atoms with Crippen molar-refractivity contribution in [2.75, 3.05) is 11.4 Å². The molecule has 5 nitrogen and oxygen atoms in total. The highest BCUT2D eigenvalue weighted by atomic mass is 16.4. The Morgan fingerprint density at radius 1 is 1.52 bits per heavy atom. The van der Waals surface area contributed by atoms with Crippen LogP contribution in [0.3, 0.4) is 0 Å². The van der Waals surface area contributed by atoms with Gasteiger partial charge in [0.15, 0.2) is 0 Å².